The zero-order valence-electron chi connectivity index (χ0n) is 26.2. The van der Waals surface area contributed by atoms with Crippen molar-refractivity contribution in [2.24, 2.45) is 0 Å². The van der Waals surface area contributed by atoms with Gasteiger partial charge >= 0.3 is 0 Å². The molecule has 0 amide bonds. The third-order valence-corrected chi connectivity index (χ3v) is 9.44. The van der Waals surface area contributed by atoms with Crippen molar-refractivity contribution in [1.29, 1.82) is 0 Å². The van der Waals surface area contributed by atoms with Crippen molar-refractivity contribution in [2.45, 2.75) is 0 Å². The lowest BCUT2D eigenvalue weighted by Gasteiger charge is -2.16. The molecule has 7 aromatic carbocycles. The van der Waals surface area contributed by atoms with Crippen LogP contribution in [0.5, 0.6) is 5.75 Å². The summed E-state index contributed by atoms with van der Waals surface area (Å²) < 4.78 is 4.43. The molecular weight excluding hydrogens is 601 g/mol. The third kappa shape index (κ3) is 4.38. The van der Waals surface area contributed by atoms with Crippen molar-refractivity contribution in [1.82, 2.24) is 9.13 Å². The van der Waals surface area contributed by atoms with E-state index in [1.165, 1.54) is 10.8 Å². The second-order valence-corrected chi connectivity index (χ2v) is 12.1. The van der Waals surface area contributed by atoms with Crippen LogP contribution in [0.4, 0.5) is 11.4 Å². The first-order valence-corrected chi connectivity index (χ1v) is 16.0. The fraction of sp³-hybridized carbons (Fsp3) is 0. The molecule has 2 aromatic heterocycles. The van der Waals surface area contributed by atoms with Crippen LogP contribution in [0.15, 0.2) is 152 Å². The van der Waals surface area contributed by atoms with Crippen molar-refractivity contribution in [3.8, 4) is 39.4 Å². The summed E-state index contributed by atoms with van der Waals surface area (Å²) in [6, 6.07) is 50.5. The van der Waals surface area contributed by atoms with Crippen LogP contribution in [-0.4, -0.2) is 14.2 Å². The van der Waals surface area contributed by atoms with Gasteiger partial charge in [0.1, 0.15) is 5.75 Å². The van der Waals surface area contributed by atoms with Crippen LogP contribution in [-0.2, 0) is 0 Å². The highest BCUT2D eigenvalue weighted by atomic mass is 16.3. The van der Waals surface area contributed by atoms with E-state index in [0.717, 1.165) is 66.5 Å². The Morgan fingerprint density at radius 3 is 1.65 bits per heavy atom. The highest BCUT2D eigenvalue weighted by molar-refractivity contribution is 6.11. The van der Waals surface area contributed by atoms with Gasteiger partial charge in [0, 0.05) is 38.7 Å². The van der Waals surface area contributed by atoms with E-state index in [9.17, 15) is 5.11 Å². The lowest BCUT2D eigenvalue weighted by atomic mass is 9.97. The van der Waals surface area contributed by atoms with Crippen LogP contribution in [0.25, 0.3) is 86.9 Å². The lowest BCUT2D eigenvalue weighted by molar-refractivity contribution is 0.477. The average Bonchev–Trinajstić information content (AvgIpc) is 3.67. The minimum absolute atomic E-state index is 0.168. The maximum atomic E-state index is 11.6. The van der Waals surface area contributed by atoms with Gasteiger partial charge in [0.05, 0.1) is 35.2 Å². The van der Waals surface area contributed by atoms with E-state index >= 15 is 0 Å². The number of para-hydroxylation sites is 3. The number of nitrogens with zero attached hydrogens (tertiary/aromatic N) is 4. The minimum atomic E-state index is 0.168. The molecule has 0 fully saturated rings. The molecule has 0 atom stereocenters. The van der Waals surface area contributed by atoms with E-state index in [-0.39, 0.29) is 5.75 Å². The molecule has 5 heteroatoms. The Bertz CT molecular complexity index is 2820. The van der Waals surface area contributed by atoms with Gasteiger partial charge in [-0.3, -0.25) is 0 Å². The van der Waals surface area contributed by atoms with Gasteiger partial charge in [-0.1, -0.05) is 97.1 Å². The number of rotatable bonds is 4. The maximum Gasteiger partial charge on any atom is 0.189 e. The van der Waals surface area contributed by atoms with E-state index in [0.29, 0.717) is 11.4 Å². The Balaban J connectivity index is 1.19. The predicted octanol–water partition coefficient (Wildman–Crippen LogP) is 12.0. The number of phenolic OH excluding ortho intramolecular Hbond substituents is 1. The predicted molar refractivity (Wildman–Crippen MR) is 200 cm³/mol. The van der Waals surface area contributed by atoms with Crippen molar-refractivity contribution in [3.63, 3.8) is 0 Å². The molecule has 49 heavy (non-hydrogen) atoms. The second kappa shape index (κ2) is 11.0. The first kappa shape index (κ1) is 28.2. The van der Waals surface area contributed by atoms with Gasteiger partial charge in [-0.15, -0.1) is 0 Å². The Kier molecular flexibility index (Phi) is 6.34. The molecule has 0 saturated heterocycles. The minimum Gasteiger partial charge on any atom is -0.507 e. The molecule has 228 valence electrons. The number of aromatic nitrogens is 2. The SMILES string of the molecule is [C-]#[N+]c1ccc(-c2ccc(-c3cccc(-n4c5ccccc5c5ccccc54)c3)c(O)c2)c(-n2c3ccccc3c3cc([N+]#[C-])ccc32)c1. The van der Waals surface area contributed by atoms with Crippen LogP contribution in [0.1, 0.15) is 0 Å². The summed E-state index contributed by atoms with van der Waals surface area (Å²) in [6.07, 6.45) is 0. The van der Waals surface area contributed by atoms with Crippen LogP contribution in [0.3, 0.4) is 0 Å². The molecule has 0 aliphatic rings. The summed E-state index contributed by atoms with van der Waals surface area (Å²) in [7, 11) is 0. The molecule has 1 N–H and O–H groups in total. The highest BCUT2D eigenvalue weighted by Gasteiger charge is 2.18. The summed E-state index contributed by atoms with van der Waals surface area (Å²) >= 11 is 0. The smallest absolute Gasteiger partial charge is 0.189 e. The first-order chi connectivity index (χ1) is 24.1. The lowest BCUT2D eigenvalue weighted by Crippen LogP contribution is -1.97. The molecule has 0 spiro atoms. The normalized spacial score (nSPS) is 11.3. The molecule has 5 nitrogen and oxygen atoms in total. The zero-order chi connectivity index (χ0) is 33.1. The Hall–Kier alpha value is -7.08. The summed E-state index contributed by atoms with van der Waals surface area (Å²) in [5, 5.41) is 16.0. The number of phenols is 1. The summed E-state index contributed by atoms with van der Waals surface area (Å²) in [4.78, 5) is 7.41. The van der Waals surface area contributed by atoms with Gasteiger partial charge < -0.3 is 14.2 Å². The Morgan fingerprint density at radius 1 is 0.429 bits per heavy atom. The number of benzene rings is 7. The van der Waals surface area contributed by atoms with Crippen LogP contribution in [0, 0.1) is 13.1 Å². The van der Waals surface area contributed by atoms with Crippen molar-refractivity contribution < 1.29 is 5.11 Å². The molecule has 9 aromatic rings. The standard InChI is InChI=1S/C44H26N4O/c1-45-30-20-23-42-38(26-30)37-14-5-8-17-41(37)48(42)43-27-31(46-2)19-22-33(43)29-18-21-34(44(49)25-29)28-10-9-11-32(24-28)47-39-15-6-3-12-35(39)36-13-4-7-16-40(36)47/h3-27,49H. The number of hydrogen-bond acceptors (Lipinski definition) is 1. The molecule has 2 heterocycles. The molecule has 0 saturated carbocycles. The maximum absolute atomic E-state index is 11.6. The number of hydrogen-bond donors (Lipinski definition) is 1. The van der Waals surface area contributed by atoms with Gasteiger partial charge in [-0.2, -0.15) is 0 Å². The van der Waals surface area contributed by atoms with Crippen LogP contribution in [0.2, 0.25) is 0 Å². The van der Waals surface area contributed by atoms with Gasteiger partial charge in [-0.25, -0.2) is 9.69 Å². The molecule has 0 radical (unpaired) electrons. The average molecular weight is 627 g/mol. The van der Waals surface area contributed by atoms with Crippen molar-refractivity contribution in [2.75, 3.05) is 0 Å². The Labute approximate surface area is 282 Å². The molecule has 0 unspecified atom stereocenters. The van der Waals surface area contributed by atoms with Gasteiger partial charge in [0.2, 0.25) is 0 Å². The monoisotopic (exact) mass is 626 g/mol. The summed E-state index contributed by atoms with van der Waals surface area (Å²) in [5.74, 6) is 0.168. The molecule has 0 aliphatic carbocycles. The molecule has 0 aliphatic heterocycles. The first-order valence-electron chi connectivity index (χ1n) is 16.0. The fourth-order valence-electron chi connectivity index (χ4n) is 7.27. The highest BCUT2D eigenvalue weighted by Crippen LogP contribution is 2.42. The quantitative estimate of drug-likeness (QED) is 0.194. The van der Waals surface area contributed by atoms with E-state index in [2.05, 4.69) is 91.6 Å². The largest absolute Gasteiger partial charge is 0.507 e. The molecule has 0 bridgehead atoms. The number of aromatic hydroxyl groups is 1. The van der Waals surface area contributed by atoms with E-state index in [4.69, 9.17) is 13.1 Å². The summed E-state index contributed by atoms with van der Waals surface area (Å²) in [6.45, 7) is 15.3. The fourth-order valence-corrected chi connectivity index (χ4v) is 7.27. The Morgan fingerprint density at radius 2 is 0.980 bits per heavy atom. The summed E-state index contributed by atoms with van der Waals surface area (Å²) in [5.41, 5.74) is 10.5. The van der Waals surface area contributed by atoms with E-state index in [1.54, 1.807) is 0 Å². The molecular formula is C44H26N4O. The van der Waals surface area contributed by atoms with E-state index < -0.39 is 0 Å². The van der Waals surface area contributed by atoms with Crippen LogP contribution < -0.4 is 0 Å². The van der Waals surface area contributed by atoms with Gasteiger partial charge in [0.25, 0.3) is 0 Å². The van der Waals surface area contributed by atoms with Crippen molar-refractivity contribution >= 4 is 55.0 Å². The van der Waals surface area contributed by atoms with Gasteiger partial charge in [0.15, 0.2) is 11.4 Å². The second-order valence-electron chi connectivity index (χ2n) is 12.1. The topological polar surface area (TPSA) is 38.8 Å². The van der Waals surface area contributed by atoms with E-state index in [1.807, 2.05) is 78.9 Å². The molecule has 9 rings (SSSR count). The third-order valence-electron chi connectivity index (χ3n) is 9.44. The van der Waals surface area contributed by atoms with Crippen LogP contribution >= 0.6 is 0 Å². The van der Waals surface area contributed by atoms with Gasteiger partial charge in [-0.05, 0) is 71.1 Å². The van der Waals surface area contributed by atoms with Crippen molar-refractivity contribution in [3.05, 3.63) is 174 Å². The zero-order valence-corrected chi connectivity index (χ0v) is 26.2. The number of fused-ring (bicyclic) bond motifs is 6.